The molecule has 6 rings (SSSR count). The number of hydrogen-bond acceptors (Lipinski definition) is 7. The summed E-state index contributed by atoms with van der Waals surface area (Å²) in [6.45, 7) is 0. The fourth-order valence-corrected chi connectivity index (χ4v) is 3.80. The molecule has 0 aliphatic heterocycles. The van der Waals surface area contributed by atoms with Crippen molar-refractivity contribution in [2.45, 2.75) is 0 Å². The molecule has 8 nitrogen and oxygen atoms in total. The van der Waals surface area contributed by atoms with Crippen LogP contribution in [0.15, 0.2) is 79.1 Å². The van der Waals surface area contributed by atoms with Gasteiger partial charge in [0.05, 0.1) is 16.6 Å². The smallest absolute Gasteiger partial charge is 0.335 e. The van der Waals surface area contributed by atoms with Crippen LogP contribution in [0.3, 0.4) is 0 Å². The van der Waals surface area contributed by atoms with Crippen LogP contribution in [0, 0.1) is 0 Å². The van der Waals surface area contributed by atoms with Gasteiger partial charge in [-0.3, -0.25) is 9.97 Å². The molecule has 0 atom stereocenters. The van der Waals surface area contributed by atoms with Gasteiger partial charge < -0.3 is 16.6 Å². The Bertz CT molecular complexity index is 1680. The van der Waals surface area contributed by atoms with Gasteiger partial charge in [0.25, 0.3) is 0 Å². The second-order valence-corrected chi connectivity index (χ2v) is 7.35. The number of carboxylic acid groups (broad SMARTS) is 1. The van der Waals surface area contributed by atoms with Crippen LogP contribution in [0.2, 0.25) is 0 Å². The topological polar surface area (TPSA) is 141 Å². The van der Waals surface area contributed by atoms with E-state index in [9.17, 15) is 4.79 Å². The standard InChI is InChI=1S/C13H9N3O2.C12H9N3/c14-12-11-9(2-1-5-15-11)8-4-3-7(13(17)18)6-10(8)16-12;13-12-11-9(5-3-7-14-11)8-4-1-2-6-10(8)15-12/h1-6H,(H2,14,16)(H,17,18);1-7H,(H2,13,15). The van der Waals surface area contributed by atoms with Gasteiger partial charge in [-0.1, -0.05) is 36.4 Å². The maximum Gasteiger partial charge on any atom is 0.335 e. The highest BCUT2D eigenvalue weighted by atomic mass is 16.4. The molecule has 0 fully saturated rings. The van der Waals surface area contributed by atoms with Crippen molar-refractivity contribution >= 4 is 61.2 Å². The molecule has 0 amide bonds. The first-order valence-electron chi connectivity index (χ1n) is 10.1. The first-order chi connectivity index (χ1) is 16.0. The third-order valence-electron chi connectivity index (χ3n) is 5.31. The quantitative estimate of drug-likeness (QED) is 0.323. The first kappa shape index (κ1) is 20.1. The Kier molecular flexibility index (Phi) is 4.87. The van der Waals surface area contributed by atoms with E-state index in [2.05, 4.69) is 19.9 Å². The number of nitrogens with two attached hydrogens (primary N) is 2. The Morgan fingerprint density at radius 2 is 1.21 bits per heavy atom. The molecule has 4 aromatic heterocycles. The van der Waals surface area contributed by atoms with Gasteiger partial charge in [-0.2, -0.15) is 0 Å². The van der Waals surface area contributed by atoms with E-state index in [0.717, 1.165) is 32.6 Å². The van der Waals surface area contributed by atoms with Crippen molar-refractivity contribution in [1.29, 1.82) is 0 Å². The summed E-state index contributed by atoms with van der Waals surface area (Å²) in [4.78, 5) is 27.9. The Labute approximate surface area is 187 Å². The number of aromatic carboxylic acids is 1. The van der Waals surface area contributed by atoms with Crippen molar-refractivity contribution in [1.82, 2.24) is 19.9 Å². The van der Waals surface area contributed by atoms with Crippen LogP contribution in [0.1, 0.15) is 10.4 Å². The number of nitrogen functional groups attached to an aromatic ring is 2. The lowest BCUT2D eigenvalue weighted by molar-refractivity contribution is 0.0697. The van der Waals surface area contributed by atoms with Crippen molar-refractivity contribution in [3.63, 3.8) is 0 Å². The predicted octanol–water partition coefficient (Wildman–Crippen LogP) is 4.43. The maximum atomic E-state index is 10.9. The van der Waals surface area contributed by atoms with E-state index in [1.54, 1.807) is 24.5 Å². The summed E-state index contributed by atoms with van der Waals surface area (Å²) >= 11 is 0. The molecule has 4 heterocycles. The number of nitrogens with zero attached hydrogens (tertiary/aromatic N) is 4. The number of carbonyl (C=O) groups is 1. The third-order valence-corrected chi connectivity index (χ3v) is 5.31. The van der Waals surface area contributed by atoms with Gasteiger partial charge in [-0.05, 0) is 30.3 Å². The largest absolute Gasteiger partial charge is 0.478 e. The van der Waals surface area contributed by atoms with Gasteiger partial charge >= 0.3 is 5.97 Å². The van der Waals surface area contributed by atoms with Gasteiger partial charge in [-0.15, -0.1) is 0 Å². The fourth-order valence-electron chi connectivity index (χ4n) is 3.80. The number of hydrogen-bond donors (Lipinski definition) is 3. The summed E-state index contributed by atoms with van der Waals surface area (Å²) < 4.78 is 0. The van der Waals surface area contributed by atoms with Crippen LogP contribution < -0.4 is 11.5 Å². The number of benzene rings is 2. The minimum atomic E-state index is -0.983. The van der Waals surface area contributed by atoms with Crippen LogP contribution in [0.4, 0.5) is 11.6 Å². The molecule has 0 radical (unpaired) electrons. The number of pyridine rings is 4. The van der Waals surface area contributed by atoms with Gasteiger partial charge in [0.15, 0.2) is 11.6 Å². The van der Waals surface area contributed by atoms with Gasteiger partial charge in [-0.25, -0.2) is 14.8 Å². The van der Waals surface area contributed by atoms with Crippen molar-refractivity contribution in [2.75, 3.05) is 11.5 Å². The number of carboxylic acids is 1. The maximum absolute atomic E-state index is 10.9. The van der Waals surface area contributed by atoms with Gasteiger partial charge in [0.1, 0.15) is 11.0 Å². The van der Waals surface area contributed by atoms with Crippen LogP contribution >= 0.6 is 0 Å². The molecule has 5 N–H and O–H groups in total. The van der Waals surface area contributed by atoms with E-state index < -0.39 is 5.97 Å². The van der Waals surface area contributed by atoms with Crippen molar-refractivity contribution in [2.24, 2.45) is 0 Å². The minimum absolute atomic E-state index is 0.192. The Hall–Kier alpha value is -4.85. The summed E-state index contributed by atoms with van der Waals surface area (Å²) in [6, 6.07) is 20.4. The molecule has 0 bridgehead atoms. The average molecular weight is 434 g/mol. The highest BCUT2D eigenvalue weighted by molar-refractivity contribution is 6.09. The highest BCUT2D eigenvalue weighted by Gasteiger charge is 2.10. The highest BCUT2D eigenvalue weighted by Crippen LogP contribution is 2.27. The molecule has 0 saturated heterocycles. The van der Waals surface area contributed by atoms with E-state index in [4.69, 9.17) is 16.6 Å². The van der Waals surface area contributed by atoms with Gasteiger partial charge in [0, 0.05) is 33.9 Å². The first-order valence-corrected chi connectivity index (χ1v) is 10.1. The van der Waals surface area contributed by atoms with E-state index in [1.807, 2.05) is 48.5 Å². The van der Waals surface area contributed by atoms with Crippen molar-refractivity contribution < 1.29 is 9.90 Å². The van der Waals surface area contributed by atoms with Crippen LogP contribution in [0.25, 0.3) is 43.6 Å². The molecule has 0 aliphatic carbocycles. The summed E-state index contributed by atoms with van der Waals surface area (Å²) in [6.07, 6.45) is 3.38. The predicted molar refractivity (Wildman–Crippen MR) is 130 cm³/mol. The number of rotatable bonds is 1. The molecule has 160 valence electrons. The van der Waals surface area contributed by atoms with Crippen LogP contribution in [0.5, 0.6) is 0 Å². The van der Waals surface area contributed by atoms with E-state index in [0.29, 0.717) is 22.7 Å². The fraction of sp³-hybridized carbons (Fsp3) is 0. The van der Waals surface area contributed by atoms with Crippen LogP contribution in [-0.2, 0) is 0 Å². The molecule has 33 heavy (non-hydrogen) atoms. The lowest BCUT2D eigenvalue weighted by Crippen LogP contribution is -1.99. The van der Waals surface area contributed by atoms with E-state index >= 15 is 0 Å². The zero-order valence-electron chi connectivity index (χ0n) is 17.3. The minimum Gasteiger partial charge on any atom is -0.478 e. The van der Waals surface area contributed by atoms with Crippen LogP contribution in [-0.4, -0.2) is 31.0 Å². The lowest BCUT2D eigenvalue weighted by Gasteiger charge is -2.05. The number of aromatic nitrogens is 4. The molecule has 0 saturated carbocycles. The molecule has 0 unspecified atom stereocenters. The van der Waals surface area contributed by atoms with E-state index in [-0.39, 0.29) is 5.56 Å². The second kappa shape index (κ2) is 8.01. The second-order valence-electron chi connectivity index (χ2n) is 7.35. The summed E-state index contributed by atoms with van der Waals surface area (Å²) in [5.41, 5.74) is 14.8. The zero-order chi connectivity index (χ0) is 22.9. The molecular weight excluding hydrogens is 416 g/mol. The molecule has 0 aliphatic rings. The Balaban J connectivity index is 0.000000140. The molecule has 2 aromatic carbocycles. The Morgan fingerprint density at radius 3 is 1.85 bits per heavy atom. The number of fused-ring (bicyclic) bond motifs is 6. The molecule has 0 spiro atoms. The van der Waals surface area contributed by atoms with Crippen molar-refractivity contribution in [3.8, 4) is 0 Å². The monoisotopic (exact) mass is 434 g/mol. The Morgan fingerprint density at radius 1 is 0.667 bits per heavy atom. The summed E-state index contributed by atoms with van der Waals surface area (Å²) in [5.74, 6) is -0.187. The lowest BCUT2D eigenvalue weighted by atomic mass is 10.1. The third kappa shape index (κ3) is 3.59. The van der Waals surface area contributed by atoms with Crippen molar-refractivity contribution in [3.05, 3.63) is 84.7 Å². The number of anilines is 2. The number of para-hydroxylation sites is 1. The molecule has 8 heteroatoms. The summed E-state index contributed by atoms with van der Waals surface area (Å²) in [7, 11) is 0. The summed E-state index contributed by atoms with van der Waals surface area (Å²) in [5, 5.41) is 12.8. The zero-order valence-corrected chi connectivity index (χ0v) is 17.3. The molecule has 6 aromatic rings. The SMILES string of the molecule is Nc1nc2cc(C(=O)O)ccc2c2cccnc12.Nc1nc2ccccc2c2cccnc12. The normalized spacial score (nSPS) is 10.9. The van der Waals surface area contributed by atoms with Gasteiger partial charge in [0.2, 0.25) is 0 Å². The molecular formula is C25H18N6O2. The van der Waals surface area contributed by atoms with E-state index in [1.165, 1.54) is 6.07 Å². The average Bonchev–Trinajstić information content (AvgIpc) is 2.84.